The molecule has 96 valence electrons. The van der Waals surface area contributed by atoms with Crippen molar-refractivity contribution in [2.45, 2.75) is 0 Å². The number of carboxylic acid groups (broad SMARTS) is 1. The number of nitrogens with zero attached hydrogens (tertiary/aromatic N) is 1. The van der Waals surface area contributed by atoms with E-state index in [0.29, 0.717) is 0 Å². The summed E-state index contributed by atoms with van der Waals surface area (Å²) in [5.41, 5.74) is -0.334. The fraction of sp³-hybridized carbons (Fsp3) is 0. The number of aromatic nitrogens is 1. The number of carbonyl (C=O) groups is 2. The SMILES string of the molecule is O=C(O)c1cccc(C(=O)Nc2ccccc2F)n1. The molecule has 0 bridgehead atoms. The summed E-state index contributed by atoms with van der Waals surface area (Å²) >= 11 is 0. The number of carboxylic acids is 1. The molecular weight excluding hydrogens is 251 g/mol. The van der Waals surface area contributed by atoms with E-state index in [0.717, 1.165) is 0 Å². The van der Waals surface area contributed by atoms with E-state index in [9.17, 15) is 14.0 Å². The third kappa shape index (κ3) is 2.92. The molecule has 0 aliphatic carbocycles. The van der Waals surface area contributed by atoms with Gasteiger partial charge in [0.05, 0.1) is 5.69 Å². The summed E-state index contributed by atoms with van der Waals surface area (Å²) in [6.45, 7) is 0. The molecule has 0 spiro atoms. The van der Waals surface area contributed by atoms with Gasteiger partial charge in [-0.2, -0.15) is 0 Å². The van der Waals surface area contributed by atoms with Crippen LogP contribution in [0.4, 0.5) is 10.1 Å². The molecule has 0 aliphatic rings. The number of anilines is 1. The molecule has 0 aliphatic heterocycles. The zero-order chi connectivity index (χ0) is 13.8. The van der Waals surface area contributed by atoms with Crippen molar-refractivity contribution < 1.29 is 19.1 Å². The van der Waals surface area contributed by atoms with Crippen molar-refractivity contribution >= 4 is 17.6 Å². The monoisotopic (exact) mass is 260 g/mol. The van der Waals surface area contributed by atoms with Gasteiger partial charge in [0.15, 0.2) is 0 Å². The van der Waals surface area contributed by atoms with E-state index in [1.807, 2.05) is 0 Å². The highest BCUT2D eigenvalue weighted by atomic mass is 19.1. The highest BCUT2D eigenvalue weighted by molar-refractivity contribution is 6.03. The lowest BCUT2D eigenvalue weighted by Gasteiger charge is -2.05. The minimum absolute atomic E-state index is 0.00929. The Kier molecular flexibility index (Phi) is 3.51. The number of benzene rings is 1. The Hall–Kier alpha value is -2.76. The van der Waals surface area contributed by atoms with Crippen LogP contribution >= 0.6 is 0 Å². The average molecular weight is 260 g/mol. The zero-order valence-electron chi connectivity index (χ0n) is 9.63. The van der Waals surface area contributed by atoms with E-state index in [4.69, 9.17) is 5.11 Å². The van der Waals surface area contributed by atoms with Crippen LogP contribution in [0.5, 0.6) is 0 Å². The van der Waals surface area contributed by atoms with Crippen LogP contribution in [-0.4, -0.2) is 22.0 Å². The van der Waals surface area contributed by atoms with Crippen LogP contribution in [0, 0.1) is 5.82 Å². The van der Waals surface area contributed by atoms with Crippen LogP contribution in [0.25, 0.3) is 0 Å². The maximum absolute atomic E-state index is 13.3. The van der Waals surface area contributed by atoms with Crippen LogP contribution in [0.1, 0.15) is 21.0 Å². The first-order valence-electron chi connectivity index (χ1n) is 5.34. The fourth-order valence-corrected chi connectivity index (χ4v) is 1.43. The third-order valence-electron chi connectivity index (χ3n) is 2.32. The Morgan fingerprint density at radius 2 is 1.74 bits per heavy atom. The Morgan fingerprint density at radius 1 is 1.05 bits per heavy atom. The summed E-state index contributed by atoms with van der Waals surface area (Å²) in [5, 5.41) is 11.1. The highest BCUT2D eigenvalue weighted by Crippen LogP contribution is 2.13. The molecule has 0 atom stereocenters. The van der Waals surface area contributed by atoms with Gasteiger partial charge in [-0.15, -0.1) is 0 Å². The lowest BCUT2D eigenvalue weighted by Crippen LogP contribution is -2.16. The van der Waals surface area contributed by atoms with Gasteiger partial charge >= 0.3 is 5.97 Å². The van der Waals surface area contributed by atoms with Crippen molar-refractivity contribution in [3.05, 3.63) is 59.7 Å². The van der Waals surface area contributed by atoms with Gasteiger partial charge in [0.2, 0.25) is 0 Å². The normalized spacial score (nSPS) is 9.95. The maximum Gasteiger partial charge on any atom is 0.354 e. The third-order valence-corrected chi connectivity index (χ3v) is 2.32. The lowest BCUT2D eigenvalue weighted by molar-refractivity contribution is 0.0690. The molecule has 6 heteroatoms. The maximum atomic E-state index is 13.3. The number of rotatable bonds is 3. The van der Waals surface area contributed by atoms with Gasteiger partial charge in [0.1, 0.15) is 17.2 Å². The van der Waals surface area contributed by atoms with Crippen LogP contribution < -0.4 is 5.32 Å². The number of hydrogen-bond donors (Lipinski definition) is 2. The van der Waals surface area contributed by atoms with Gasteiger partial charge in [-0.1, -0.05) is 18.2 Å². The van der Waals surface area contributed by atoms with Gasteiger partial charge in [-0.25, -0.2) is 14.2 Å². The first kappa shape index (κ1) is 12.7. The first-order chi connectivity index (χ1) is 9.08. The second-order valence-corrected chi connectivity index (χ2v) is 3.65. The predicted octanol–water partition coefficient (Wildman–Crippen LogP) is 2.17. The van der Waals surface area contributed by atoms with Crippen molar-refractivity contribution in [2.75, 3.05) is 5.32 Å². The number of carbonyl (C=O) groups excluding carboxylic acids is 1. The van der Waals surface area contributed by atoms with Gasteiger partial charge in [0, 0.05) is 0 Å². The molecule has 0 saturated carbocycles. The van der Waals surface area contributed by atoms with Crippen molar-refractivity contribution in [3.8, 4) is 0 Å². The van der Waals surface area contributed by atoms with Gasteiger partial charge < -0.3 is 10.4 Å². The van der Waals surface area contributed by atoms with Gasteiger partial charge in [-0.3, -0.25) is 4.79 Å². The minimum atomic E-state index is -1.24. The smallest absolute Gasteiger partial charge is 0.354 e. The number of aromatic carboxylic acids is 1. The molecule has 1 heterocycles. The second-order valence-electron chi connectivity index (χ2n) is 3.65. The summed E-state index contributed by atoms with van der Waals surface area (Å²) in [5.74, 6) is -2.49. The standard InChI is InChI=1S/C13H9FN2O3/c14-8-4-1-2-5-9(8)16-12(17)10-6-3-7-11(15-10)13(18)19/h1-7H,(H,16,17)(H,18,19). The first-order valence-corrected chi connectivity index (χ1v) is 5.34. The molecule has 0 fully saturated rings. The number of para-hydroxylation sites is 1. The second kappa shape index (κ2) is 5.26. The largest absolute Gasteiger partial charge is 0.477 e. The van der Waals surface area contributed by atoms with Gasteiger partial charge in [-0.05, 0) is 24.3 Å². The molecule has 2 aromatic rings. The molecule has 5 nitrogen and oxygen atoms in total. The van der Waals surface area contributed by atoms with E-state index in [1.54, 1.807) is 6.07 Å². The number of hydrogen-bond acceptors (Lipinski definition) is 3. The lowest BCUT2D eigenvalue weighted by atomic mass is 10.2. The Bertz CT molecular complexity index is 643. The quantitative estimate of drug-likeness (QED) is 0.886. The van der Waals surface area contributed by atoms with Crippen LogP contribution in [0.3, 0.4) is 0 Å². The number of nitrogens with one attached hydrogen (secondary N) is 1. The molecule has 1 amide bonds. The molecule has 0 saturated heterocycles. The van der Waals surface area contributed by atoms with E-state index in [-0.39, 0.29) is 17.1 Å². The summed E-state index contributed by atoms with van der Waals surface area (Å²) in [4.78, 5) is 26.2. The Labute approximate surface area is 107 Å². The summed E-state index contributed by atoms with van der Waals surface area (Å²) in [7, 11) is 0. The molecular formula is C13H9FN2O3. The Balaban J connectivity index is 2.23. The minimum Gasteiger partial charge on any atom is -0.477 e. The molecule has 2 rings (SSSR count). The molecule has 2 N–H and O–H groups in total. The summed E-state index contributed by atoms with van der Waals surface area (Å²) < 4.78 is 13.3. The zero-order valence-corrected chi connectivity index (χ0v) is 9.63. The Morgan fingerprint density at radius 3 is 2.42 bits per heavy atom. The van der Waals surface area contributed by atoms with Crippen molar-refractivity contribution in [2.24, 2.45) is 0 Å². The summed E-state index contributed by atoms with van der Waals surface area (Å²) in [6.07, 6.45) is 0. The fourth-order valence-electron chi connectivity index (χ4n) is 1.43. The molecule has 0 radical (unpaired) electrons. The number of amides is 1. The molecule has 19 heavy (non-hydrogen) atoms. The number of halogens is 1. The topological polar surface area (TPSA) is 79.3 Å². The van der Waals surface area contributed by atoms with Crippen LogP contribution in [-0.2, 0) is 0 Å². The van der Waals surface area contributed by atoms with Crippen molar-refractivity contribution in [1.29, 1.82) is 0 Å². The molecule has 1 aromatic carbocycles. The summed E-state index contributed by atoms with van der Waals surface area (Å²) in [6, 6.07) is 9.68. The van der Waals surface area contributed by atoms with Crippen LogP contribution in [0.2, 0.25) is 0 Å². The van der Waals surface area contributed by atoms with Crippen molar-refractivity contribution in [1.82, 2.24) is 4.98 Å². The number of pyridine rings is 1. The highest BCUT2D eigenvalue weighted by Gasteiger charge is 2.12. The van der Waals surface area contributed by atoms with Crippen LogP contribution in [0.15, 0.2) is 42.5 Å². The van der Waals surface area contributed by atoms with E-state index < -0.39 is 17.7 Å². The molecule has 1 aromatic heterocycles. The van der Waals surface area contributed by atoms with Crippen molar-refractivity contribution in [3.63, 3.8) is 0 Å². The predicted molar refractivity (Wildman–Crippen MR) is 65.5 cm³/mol. The van der Waals surface area contributed by atoms with E-state index in [2.05, 4.69) is 10.3 Å². The van der Waals surface area contributed by atoms with E-state index >= 15 is 0 Å². The average Bonchev–Trinajstić information content (AvgIpc) is 2.41. The van der Waals surface area contributed by atoms with E-state index in [1.165, 1.54) is 36.4 Å². The molecule has 0 unspecified atom stereocenters. The van der Waals surface area contributed by atoms with Gasteiger partial charge in [0.25, 0.3) is 5.91 Å².